The molecule has 144 valence electrons. The molecule has 1 aliphatic rings. The van der Waals surface area contributed by atoms with Gasteiger partial charge in [0.05, 0.1) is 4.90 Å². The number of rotatable bonds is 7. The van der Waals surface area contributed by atoms with Crippen LogP contribution in [0.25, 0.3) is 0 Å². The molecule has 0 unspecified atom stereocenters. The van der Waals surface area contributed by atoms with Crippen molar-refractivity contribution in [2.45, 2.75) is 43.0 Å². The third-order valence-electron chi connectivity index (χ3n) is 4.49. The molecule has 7 heteroatoms. The first-order valence-corrected chi connectivity index (χ1v) is 10.6. The van der Waals surface area contributed by atoms with Crippen LogP contribution in [0.5, 0.6) is 5.75 Å². The van der Waals surface area contributed by atoms with E-state index in [4.69, 9.17) is 4.74 Å². The summed E-state index contributed by atoms with van der Waals surface area (Å²) in [5.41, 5.74) is 0.696. The van der Waals surface area contributed by atoms with Crippen LogP contribution in [0.1, 0.15) is 32.1 Å². The lowest BCUT2D eigenvalue weighted by molar-refractivity contribution is -0.118. The Morgan fingerprint density at radius 2 is 1.63 bits per heavy atom. The maximum absolute atomic E-state index is 12.5. The van der Waals surface area contributed by atoms with Crippen molar-refractivity contribution in [2.24, 2.45) is 0 Å². The average molecular weight is 388 g/mol. The number of carbonyl (C=O) groups is 1. The van der Waals surface area contributed by atoms with Gasteiger partial charge in [0.15, 0.2) is 6.61 Å². The van der Waals surface area contributed by atoms with E-state index in [-0.39, 0.29) is 23.5 Å². The van der Waals surface area contributed by atoms with E-state index in [1.165, 1.54) is 18.6 Å². The van der Waals surface area contributed by atoms with Crippen LogP contribution in [0.15, 0.2) is 59.5 Å². The lowest BCUT2D eigenvalue weighted by atomic mass is 9.96. The Balaban J connectivity index is 1.52. The van der Waals surface area contributed by atoms with Crippen LogP contribution < -0.4 is 14.8 Å². The monoisotopic (exact) mass is 388 g/mol. The van der Waals surface area contributed by atoms with Crippen molar-refractivity contribution < 1.29 is 17.9 Å². The van der Waals surface area contributed by atoms with Crippen LogP contribution in [0.3, 0.4) is 0 Å². The van der Waals surface area contributed by atoms with Gasteiger partial charge in [-0.2, -0.15) is 0 Å². The third-order valence-corrected chi connectivity index (χ3v) is 6.02. The minimum absolute atomic E-state index is 0.0151. The number of benzene rings is 2. The summed E-state index contributed by atoms with van der Waals surface area (Å²) in [4.78, 5) is 12.1. The van der Waals surface area contributed by atoms with E-state index in [0.717, 1.165) is 25.7 Å². The molecule has 0 spiro atoms. The molecule has 0 radical (unpaired) electrons. The fourth-order valence-electron chi connectivity index (χ4n) is 3.09. The minimum Gasteiger partial charge on any atom is -0.484 e. The first-order valence-electron chi connectivity index (χ1n) is 9.13. The highest BCUT2D eigenvalue weighted by Crippen LogP contribution is 2.21. The van der Waals surface area contributed by atoms with Gasteiger partial charge in [-0.3, -0.25) is 4.79 Å². The molecule has 6 nitrogen and oxygen atoms in total. The highest BCUT2D eigenvalue weighted by molar-refractivity contribution is 7.89. The van der Waals surface area contributed by atoms with Crippen molar-refractivity contribution in [1.29, 1.82) is 0 Å². The van der Waals surface area contributed by atoms with Crippen molar-refractivity contribution in [3.8, 4) is 5.75 Å². The second-order valence-electron chi connectivity index (χ2n) is 6.63. The van der Waals surface area contributed by atoms with Crippen molar-refractivity contribution in [3.05, 3.63) is 54.6 Å². The predicted octanol–water partition coefficient (Wildman–Crippen LogP) is 3.32. The van der Waals surface area contributed by atoms with Gasteiger partial charge in [-0.25, -0.2) is 13.1 Å². The van der Waals surface area contributed by atoms with Crippen molar-refractivity contribution in [1.82, 2.24) is 4.72 Å². The third kappa shape index (κ3) is 5.80. The number of nitrogens with one attached hydrogen (secondary N) is 2. The summed E-state index contributed by atoms with van der Waals surface area (Å²) in [7, 11) is -3.53. The molecule has 2 aromatic rings. The van der Waals surface area contributed by atoms with Gasteiger partial charge in [0.1, 0.15) is 5.75 Å². The molecule has 1 saturated carbocycles. The first-order chi connectivity index (χ1) is 13.0. The summed E-state index contributed by atoms with van der Waals surface area (Å²) in [5.74, 6) is 0.159. The standard InChI is InChI=1S/C20H24N2O4S/c23-20(21-16-7-3-1-4-8-16)15-26-18-11-13-19(14-12-18)27(24,25)22-17-9-5-2-6-10-17/h1,3-4,7-8,11-14,17,22H,2,5-6,9-10,15H2,(H,21,23). The highest BCUT2D eigenvalue weighted by Gasteiger charge is 2.21. The highest BCUT2D eigenvalue weighted by atomic mass is 32.2. The topological polar surface area (TPSA) is 84.5 Å². The van der Waals surface area contributed by atoms with Gasteiger partial charge in [0.25, 0.3) is 5.91 Å². The zero-order chi connectivity index (χ0) is 19.1. The minimum atomic E-state index is -3.53. The quantitative estimate of drug-likeness (QED) is 0.762. The number of sulfonamides is 1. The molecule has 0 aliphatic heterocycles. The van der Waals surface area contributed by atoms with Gasteiger partial charge < -0.3 is 10.1 Å². The molecular weight excluding hydrogens is 364 g/mol. The largest absolute Gasteiger partial charge is 0.484 e. The van der Waals surface area contributed by atoms with E-state index in [1.54, 1.807) is 24.3 Å². The number of para-hydroxylation sites is 1. The van der Waals surface area contributed by atoms with Crippen molar-refractivity contribution in [3.63, 3.8) is 0 Å². The maximum atomic E-state index is 12.5. The molecule has 1 amide bonds. The SMILES string of the molecule is O=C(COc1ccc(S(=O)(=O)NC2CCCCC2)cc1)Nc1ccccc1. The molecule has 2 aromatic carbocycles. The lowest BCUT2D eigenvalue weighted by Crippen LogP contribution is -2.36. The van der Waals surface area contributed by atoms with E-state index in [2.05, 4.69) is 10.0 Å². The Morgan fingerprint density at radius 1 is 0.963 bits per heavy atom. The zero-order valence-electron chi connectivity index (χ0n) is 15.1. The fourth-order valence-corrected chi connectivity index (χ4v) is 4.40. The van der Waals surface area contributed by atoms with E-state index < -0.39 is 10.0 Å². The second-order valence-corrected chi connectivity index (χ2v) is 8.34. The molecule has 27 heavy (non-hydrogen) atoms. The summed E-state index contributed by atoms with van der Waals surface area (Å²) < 4.78 is 33.1. The normalized spacial score (nSPS) is 15.3. The second kappa shape index (κ2) is 9.01. The summed E-state index contributed by atoms with van der Waals surface area (Å²) in [5, 5.41) is 2.72. The number of carbonyl (C=O) groups excluding carboxylic acids is 1. The number of amides is 1. The van der Waals surface area contributed by atoms with Gasteiger partial charge in [-0.05, 0) is 49.2 Å². The van der Waals surface area contributed by atoms with E-state index >= 15 is 0 Å². The Morgan fingerprint density at radius 3 is 2.30 bits per heavy atom. The molecule has 1 aliphatic carbocycles. The Kier molecular flexibility index (Phi) is 6.47. The summed E-state index contributed by atoms with van der Waals surface area (Å²) in [6.45, 7) is -0.151. The Hall–Kier alpha value is -2.38. The summed E-state index contributed by atoms with van der Waals surface area (Å²) in [6, 6.07) is 15.2. The molecule has 0 saturated heterocycles. The van der Waals surface area contributed by atoms with Gasteiger partial charge in [0, 0.05) is 11.7 Å². The van der Waals surface area contributed by atoms with Gasteiger partial charge in [-0.15, -0.1) is 0 Å². The summed E-state index contributed by atoms with van der Waals surface area (Å²) in [6.07, 6.45) is 5.06. The van der Waals surface area contributed by atoms with Crippen LogP contribution >= 0.6 is 0 Å². The molecule has 1 fully saturated rings. The number of ether oxygens (including phenoxy) is 1. The average Bonchev–Trinajstić information content (AvgIpc) is 2.68. The van der Waals surface area contributed by atoms with E-state index in [0.29, 0.717) is 11.4 Å². The van der Waals surface area contributed by atoms with Gasteiger partial charge in [-0.1, -0.05) is 37.5 Å². The van der Waals surface area contributed by atoms with Crippen LogP contribution in [-0.4, -0.2) is 27.0 Å². The van der Waals surface area contributed by atoms with Gasteiger partial charge >= 0.3 is 0 Å². The van der Waals surface area contributed by atoms with Crippen LogP contribution in [-0.2, 0) is 14.8 Å². The Labute approximate surface area is 160 Å². The van der Waals surface area contributed by atoms with Crippen LogP contribution in [0.2, 0.25) is 0 Å². The van der Waals surface area contributed by atoms with E-state index in [9.17, 15) is 13.2 Å². The van der Waals surface area contributed by atoms with Crippen molar-refractivity contribution >= 4 is 21.6 Å². The molecule has 0 aromatic heterocycles. The molecular formula is C20H24N2O4S. The number of anilines is 1. The maximum Gasteiger partial charge on any atom is 0.262 e. The van der Waals surface area contributed by atoms with Crippen LogP contribution in [0.4, 0.5) is 5.69 Å². The number of hydrogen-bond acceptors (Lipinski definition) is 4. The molecule has 0 bridgehead atoms. The molecule has 0 heterocycles. The zero-order valence-corrected chi connectivity index (χ0v) is 15.9. The van der Waals surface area contributed by atoms with Crippen LogP contribution in [0, 0.1) is 0 Å². The van der Waals surface area contributed by atoms with E-state index in [1.807, 2.05) is 18.2 Å². The van der Waals surface area contributed by atoms with Crippen molar-refractivity contribution in [2.75, 3.05) is 11.9 Å². The molecule has 2 N–H and O–H groups in total. The molecule has 0 atom stereocenters. The predicted molar refractivity (Wildman–Crippen MR) is 104 cm³/mol. The lowest BCUT2D eigenvalue weighted by Gasteiger charge is -2.22. The number of hydrogen-bond donors (Lipinski definition) is 2. The summed E-state index contributed by atoms with van der Waals surface area (Å²) >= 11 is 0. The Bertz CT molecular complexity index is 845. The van der Waals surface area contributed by atoms with Gasteiger partial charge in [0.2, 0.25) is 10.0 Å². The molecule has 3 rings (SSSR count). The fraction of sp³-hybridized carbons (Fsp3) is 0.350. The first kappa shape index (κ1) is 19.4. The smallest absolute Gasteiger partial charge is 0.262 e.